The van der Waals surface area contributed by atoms with Gasteiger partial charge in [-0.2, -0.15) is 0 Å². The summed E-state index contributed by atoms with van der Waals surface area (Å²) in [7, 11) is 1.73. The van der Waals surface area contributed by atoms with E-state index in [0.29, 0.717) is 11.6 Å². The number of carbonyl (C=O) groups excluding carboxylic acids is 2. The number of rotatable bonds is 5. The molecule has 1 rings (SSSR count). The Labute approximate surface area is 136 Å². The van der Waals surface area contributed by atoms with E-state index in [9.17, 15) is 9.59 Å². The predicted octanol–water partition coefficient (Wildman–Crippen LogP) is 2.07. The lowest BCUT2D eigenvalue weighted by Crippen LogP contribution is -2.50. The van der Waals surface area contributed by atoms with Gasteiger partial charge in [0.15, 0.2) is 0 Å². The van der Waals surface area contributed by atoms with Gasteiger partial charge in [0.1, 0.15) is 11.0 Å². The van der Waals surface area contributed by atoms with E-state index in [1.54, 1.807) is 11.9 Å². The molecule has 0 aliphatic heterocycles. The van der Waals surface area contributed by atoms with Crippen molar-refractivity contribution >= 4 is 23.2 Å². The van der Waals surface area contributed by atoms with Crippen molar-refractivity contribution < 1.29 is 9.59 Å². The molecule has 0 spiro atoms. The lowest BCUT2D eigenvalue weighted by molar-refractivity contribution is -0.132. The van der Waals surface area contributed by atoms with Crippen molar-refractivity contribution in [1.82, 2.24) is 20.4 Å². The second-order valence-electron chi connectivity index (χ2n) is 6.71. The van der Waals surface area contributed by atoms with Gasteiger partial charge in [0, 0.05) is 19.0 Å². The molecule has 1 aromatic heterocycles. The van der Waals surface area contributed by atoms with Gasteiger partial charge in [0.2, 0.25) is 10.9 Å². The van der Waals surface area contributed by atoms with Gasteiger partial charge >= 0.3 is 0 Å². The van der Waals surface area contributed by atoms with Crippen LogP contribution in [0.5, 0.6) is 0 Å². The zero-order valence-electron chi connectivity index (χ0n) is 14.4. The molecular weight excluding hydrogens is 300 g/mol. The number of hydrogen-bond donors (Lipinski definition) is 1. The number of carbonyl (C=O) groups is 2. The molecule has 1 aromatic rings. The number of hydrogen-bond acceptors (Lipinski definition) is 5. The number of nitrogens with one attached hydrogen (secondary N) is 1. The second-order valence-corrected chi connectivity index (χ2v) is 7.69. The lowest BCUT2D eigenvalue weighted by Gasteiger charge is -2.25. The van der Waals surface area contributed by atoms with Crippen LogP contribution in [0.2, 0.25) is 0 Å². The second kappa shape index (κ2) is 7.17. The molecule has 1 atom stereocenters. The van der Waals surface area contributed by atoms with E-state index >= 15 is 0 Å². The quantitative estimate of drug-likeness (QED) is 0.899. The summed E-state index contributed by atoms with van der Waals surface area (Å²) in [5, 5.41) is 11.9. The molecule has 0 saturated heterocycles. The average Bonchev–Trinajstić information content (AvgIpc) is 2.92. The Hall–Kier alpha value is -1.50. The lowest BCUT2D eigenvalue weighted by atomic mass is 9.98. The normalized spacial score (nSPS) is 13.1. The van der Waals surface area contributed by atoms with Crippen LogP contribution in [0.1, 0.15) is 56.4 Å². The summed E-state index contributed by atoms with van der Waals surface area (Å²) >= 11 is 1.27. The standard InChI is InChI=1S/C15H26N4O2S/c1-8-19(7)13(21)10(9(2)3)16-11(20)12-17-18-14(22-12)15(4,5)6/h9-10H,8H2,1-7H3,(H,16,20)/t10-/m0/s1. The molecule has 0 aliphatic rings. The van der Waals surface area contributed by atoms with Crippen LogP contribution in [-0.2, 0) is 10.2 Å². The molecule has 0 aromatic carbocycles. The number of nitrogens with zero attached hydrogens (tertiary/aromatic N) is 3. The van der Waals surface area contributed by atoms with E-state index in [4.69, 9.17) is 0 Å². The Bertz CT molecular complexity index is 534. The van der Waals surface area contributed by atoms with Crippen LogP contribution in [0.4, 0.5) is 0 Å². The highest BCUT2D eigenvalue weighted by atomic mass is 32.1. The molecule has 2 amide bonds. The van der Waals surface area contributed by atoms with Crippen molar-refractivity contribution in [1.29, 1.82) is 0 Å². The molecule has 7 heteroatoms. The Balaban J connectivity index is 2.88. The first-order valence-electron chi connectivity index (χ1n) is 7.47. The van der Waals surface area contributed by atoms with Crippen LogP contribution in [0.3, 0.4) is 0 Å². The molecule has 0 unspecified atom stereocenters. The fourth-order valence-corrected chi connectivity index (χ4v) is 2.53. The third-order valence-electron chi connectivity index (χ3n) is 3.33. The maximum Gasteiger partial charge on any atom is 0.282 e. The van der Waals surface area contributed by atoms with Crippen LogP contribution in [0.15, 0.2) is 0 Å². The SMILES string of the molecule is CCN(C)C(=O)[C@@H](NC(=O)c1nnc(C(C)(C)C)s1)C(C)C. The fourth-order valence-electron chi connectivity index (χ4n) is 1.73. The number of likely N-dealkylation sites (N-methyl/N-ethyl adjacent to an activating group) is 1. The van der Waals surface area contributed by atoms with Crippen molar-refractivity contribution in [2.45, 2.75) is 53.0 Å². The highest BCUT2D eigenvalue weighted by Gasteiger charge is 2.29. The molecular formula is C15H26N4O2S. The van der Waals surface area contributed by atoms with Crippen molar-refractivity contribution in [3.05, 3.63) is 10.0 Å². The minimum atomic E-state index is -0.556. The molecule has 0 aliphatic carbocycles. The van der Waals surface area contributed by atoms with E-state index in [0.717, 1.165) is 5.01 Å². The van der Waals surface area contributed by atoms with Crippen LogP contribution in [0, 0.1) is 5.92 Å². The third kappa shape index (κ3) is 4.50. The molecule has 0 fully saturated rings. The van der Waals surface area contributed by atoms with Crippen molar-refractivity contribution in [3.63, 3.8) is 0 Å². The van der Waals surface area contributed by atoms with Crippen LogP contribution in [0.25, 0.3) is 0 Å². The topological polar surface area (TPSA) is 75.2 Å². The molecule has 22 heavy (non-hydrogen) atoms. The number of amides is 2. The molecule has 1 heterocycles. The summed E-state index contributed by atoms with van der Waals surface area (Å²) in [6.07, 6.45) is 0. The minimum absolute atomic E-state index is 0.000424. The van der Waals surface area contributed by atoms with E-state index in [1.165, 1.54) is 11.3 Å². The first-order chi connectivity index (χ1) is 10.1. The molecule has 0 radical (unpaired) electrons. The predicted molar refractivity (Wildman–Crippen MR) is 88.0 cm³/mol. The molecule has 0 saturated carbocycles. The first kappa shape index (κ1) is 18.5. The van der Waals surface area contributed by atoms with Gasteiger partial charge in [0.25, 0.3) is 5.91 Å². The highest BCUT2D eigenvalue weighted by Crippen LogP contribution is 2.25. The van der Waals surface area contributed by atoms with Crippen LogP contribution in [-0.4, -0.2) is 46.5 Å². The summed E-state index contributed by atoms with van der Waals surface area (Å²) in [6, 6.07) is -0.556. The fraction of sp³-hybridized carbons (Fsp3) is 0.733. The Morgan fingerprint density at radius 3 is 2.27 bits per heavy atom. The van der Waals surface area contributed by atoms with Crippen molar-refractivity contribution in [3.8, 4) is 0 Å². The highest BCUT2D eigenvalue weighted by molar-refractivity contribution is 7.13. The van der Waals surface area contributed by atoms with E-state index in [-0.39, 0.29) is 23.1 Å². The van der Waals surface area contributed by atoms with Gasteiger partial charge in [0.05, 0.1) is 0 Å². The molecule has 0 bridgehead atoms. The number of aromatic nitrogens is 2. The third-order valence-corrected chi connectivity index (χ3v) is 4.68. The maximum absolute atomic E-state index is 12.3. The summed E-state index contributed by atoms with van der Waals surface area (Å²) in [5.74, 6) is -0.434. The zero-order chi connectivity index (χ0) is 17.1. The smallest absolute Gasteiger partial charge is 0.282 e. The van der Waals surface area contributed by atoms with Gasteiger partial charge in [-0.05, 0) is 12.8 Å². The summed E-state index contributed by atoms with van der Waals surface area (Å²) < 4.78 is 0. The van der Waals surface area contributed by atoms with E-state index in [2.05, 4.69) is 15.5 Å². The van der Waals surface area contributed by atoms with E-state index < -0.39 is 6.04 Å². The van der Waals surface area contributed by atoms with Gasteiger partial charge < -0.3 is 10.2 Å². The summed E-state index contributed by atoms with van der Waals surface area (Å²) in [4.78, 5) is 26.3. The van der Waals surface area contributed by atoms with Gasteiger partial charge in [-0.1, -0.05) is 46.0 Å². The Morgan fingerprint density at radius 1 is 1.27 bits per heavy atom. The van der Waals surface area contributed by atoms with Crippen LogP contribution >= 0.6 is 11.3 Å². The molecule has 1 N–H and O–H groups in total. The maximum atomic E-state index is 12.3. The monoisotopic (exact) mass is 326 g/mol. The molecule has 124 valence electrons. The van der Waals surface area contributed by atoms with Gasteiger partial charge in [-0.25, -0.2) is 0 Å². The zero-order valence-corrected chi connectivity index (χ0v) is 15.2. The van der Waals surface area contributed by atoms with Crippen LogP contribution < -0.4 is 5.32 Å². The van der Waals surface area contributed by atoms with E-state index in [1.807, 2.05) is 41.5 Å². The largest absolute Gasteiger partial charge is 0.344 e. The first-order valence-corrected chi connectivity index (χ1v) is 8.29. The van der Waals surface area contributed by atoms with Gasteiger partial charge in [-0.3, -0.25) is 9.59 Å². The average molecular weight is 326 g/mol. The summed E-state index contributed by atoms with van der Waals surface area (Å²) in [5.41, 5.74) is -0.147. The van der Waals surface area contributed by atoms with Crippen molar-refractivity contribution in [2.75, 3.05) is 13.6 Å². The molecule has 6 nitrogen and oxygen atoms in total. The van der Waals surface area contributed by atoms with Crippen molar-refractivity contribution in [2.24, 2.45) is 5.92 Å². The Morgan fingerprint density at radius 2 is 1.86 bits per heavy atom. The summed E-state index contributed by atoms with van der Waals surface area (Å²) in [6.45, 7) is 12.4. The van der Waals surface area contributed by atoms with Gasteiger partial charge in [-0.15, -0.1) is 10.2 Å². The minimum Gasteiger partial charge on any atom is -0.344 e. The Kier molecular flexibility index (Phi) is 6.05.